The zero-order chi connectivity index (χ0) is 10.1. The quantitative estimate of drug-likeness (QED) is 0.788. The van der Waals surface area contributed by atoms with E-state index in [1.54, 1.807) is 23.9 Å². The second kappa shape index (κ2) is 3.31. The first-order valence-electron chi connectivity index (χ1n) is 4.43. The van der Waals surface area contributed by atoms with Crippen LogP contribution >= 0.6 is 0 Å². The Hall–Kier alpha value is -1.55. The van der Waals surface area contributed by atoms with Gasteiger partial charge in [0, 0.05) is 13.2 Å². The molecular formula is C10H12N2O2. The van der Waals surface area contributed by atoms with Gasteiger partial charge in [-0.25, -0.2) is 0 Å². The summed E-state index contributed by atoms with van der Waals surface area (Å²) in [5, 5.41) is 13.3. The highest BCUT2D eigenvalue weighted by atomic mass is 16.4. The second-order valence-corrected chi connectivity index (χ2v) is 3.28. The molecule has 0 aliphatic rings. The van der Waals surface area contributed by atoms with E-state index in [0.717, 1.165) is 11.3 Å². The van der Waals surface area contributed by atoms with Crippen molar-refractivity contribution in [2.45, 2.75) is 13.0 Å². The van der Waals surface area contributed by atoms with E-state index >= 15 is 0 Å². The molecule has 0 bridgehead atoms. The van der Waals surface area contributed by atoms with E-state index < -0.39 is 6.10 Å². The standard InChI is InChI=1S/C10H12N2O2/c1-7(13)9-3-4-10(14-9)8-5-11-12(2)6-8/h3-7,13H,1-2H3. The van der Waals surface area contributed by atoms with Crippen molar-refractivity contribution in [3.63, 3.8) is 0 Å². The molecule has 0 aromatic carbocycles. The minimum atomic E-state index is -0.569. The predicted octanol–water partition coefficient (Wildman–Crippen LogP) is 1.73. The van der Waals surface area contributed by atoms with Crippen LogP contribution in [0.25, 0.3) is 11.3 Å². The van der Waals surface area contributed by atoms with Gasteiger partial charge in [-0.2, -0.15) is 5.10 Å². The summed E-state index contributed by atoms with van der Waals surface area (Å²) < 4.78 is 7.15. The van der Waals surface area contributed by atoms with Crippen molar-refractivity contribution in [2.24, 2.45) is 7.05 Å². The largest absolute Gasteiger partial charge is 0.458 e. The lowest BCUT2D eigenvalue weighted by molar-refractivity contribution is 0.170. The number of hydrogen-bond acceptors (Lipinski definition) is 3. The van der Waals surface area contributed by atoms with Gasteiger partial charge in [0.15, 0.2) is 0 Å². The van der Waals surface area contributed by atoms with Gasteiger partial charge in [0.2, 0.25) is 0 Å². The molecule has 0 aliphatic heterocycles. The van der Waals surface area contributed by atoms with Crippen LogP contribution in [0.5, 0.6) is 0 Å². The highest BCUT2D eigenvalue weighted by molar-refractivity contribution is 5.55. The first kappa shape index (κ1) is 9.02. The van der Waals surface area contributed by atoms with Gasteiger partial charge in [-0.1, -0.05) is 0 Å². The molecule has 2 rings (SSSR count). The van der Waals surface area contributed by atoms with Gasteiger partial charge in [-0.05, 0) is 19.1 Å². The molecule has 0 fully saturated rings. The van der Waals surface area contributed by atoms with Crippen molar-refractivity contribution in [1.29, 1.82) is 0 Å². The van der Waals surface area contributed by atoms with Gasteiger partial charge in [-0.15, -0.1) is 0 Å². The number of aliphatic hydroxyl groups excluding tert-OH is 1. The summed E-state index contributed by atoms with van der Waals surface area (Å²) in [4.78, 5) is 0. The van der Waals surface area contributed by atoms with Crippen LogP contribution < -0.4 is 0 Å². The van der Waals surface area contributed by atoms with Crippen molar-refractivity contribution in [1.82, 2.24) is 9.78 Å². The summed E-state index contributed by atoms with van der Waals surface area (Å²) in [6.45, 7) is 1.67. The third-order valence-electron chi connectivity index (χ3n) is 2.03. The molecule has 0 aliphatic carbocycles. The normalized spacial score (nSPS) is 13.1. The third-order valence-corrected chi connectivity index (χ3v) is 2.03. The Kier molecular flexibility index (Phi) is 2.13. The summed E-state index contributed by atoms with van der Waals surface area (Å²) in [6.07, 6.45) is 3.02. The minimum absolute atomic E-state index is 0.569. The summed E-state index contributed by atoms with van der Waals surface area (Å²) >= 11 is 0. The zero-order valence-electron chi connectivity index (χ0n) is 8.14. The maximum absolute atomic E-state index is 9.27. The number of furan rings is 1. The molecule has 2 aromatic rings. The monoisotopic (exact) mass is 192 g/mol. The Morgan fingerprint density at radius 2 is 2.29 bits per heavy atom. The van der Waals surface area contributed by atoms with Gasteiger partial charge < -0.3 is 9.52 Å². The highest BCUT2D eigenvalue weighted by Crippen LogP contribution is 2.24. The van der Waals surface area contributed by atoms with Crippen LogP contribution in [0.2, 0.25) is 0 Å². The van der Waals surface area contributed by atoms with Crippen molar-refractivity contribution in [3.05, 3.63) is 30.3 Å². The van der Waals surface area contributed by atoms with Crippen molar-refractivity contribution in [3.8, 4) is 11.3 Å². The van der Waals surface area contributed by atoms with Crippen molar-refractivity contribution >= 4 is 0 Å². The fraction of sp³-hybridized carbons (Fsp3) is 0.300. The van der Waals surface area contributed by atoms with Crippen LogP contribution in [0, 0.1) is 0 Å². The van der Waals surface area contributed by atoms with E-state index in [0.29, 0.717) is 5.76 Å². The summed E-state index contributed by atoms with van der Waals surface area (Å²) in [5.41, 5.74) is 0.916. The lowest BCUT2D eigenvalue weighted by Gasteiger charge is -1.97. The number of nitrogens with zero attached hydrogens (tertiary/aromatic N) is 2. The van der Waals surface area contributed by atoms with E-state index in [9.17, 15) is 5.11 Å². The van der Waals surface area contributed by atoms with Crippen LogP contribution in [0.4, 0.5) is 0 Å². The van der Waals surface area contributed by atoms with Crippen molar-refractivity contribution < 1.29 is 9.52 Å². The maximum atomic E-state index is 9.27. The minimum Gasteiger partial charge on any atom is -0.458 e. The smallest absolute Gasteiger partial charge is 0.137 e. The molecule has 74 valence electrons. The molecule has 0 radical (unpaired) electrons. The fourth-order valence-corrected chi connectivity index (χ4v) is 1.28. The molecule has 1 unspecified atom stereocenters. The molecule has 0 amide bonds. The number of rotatable bonds is 2. The molecule has 0 spiro atoms. The molecule has 4 nitrogen and oxygen atoms in total. The van der Waals surface area contributed by atoms with E-state index in [1.165, 1.54) is 0 Å². The molecule has 1 N–H and O–H groups in total. The lowest BCUT2D eigenvalue weighted by Crippen LogP contribution is -1.85. The van der Waals surface area contributed by atoms with Crippen molar-refractivity contribution in [2.75, 3.05) is 0 Å². The fourth-order valence-electron chi connectivity index (χ4n) is 1.28. The Balaban J connectivity index is 2.33. The first-order valence-corrected chi connectivity index (χ1v) is 4.43. The average Bonchev–Trinajstić information content (AvgIpc) is 2.70. The van der Waals surface area contributed by atoms with Crippen LogP contribution in [0.15, 0.2) is 28.9 Å². The molecule has 4 heteroatoms. The number of aliphatic hydroxyl groups is 1. The molecule has 0 saturated carbocycles. The highest BCUT2D eigenvalue weighted by Gasteiger charge is 2.09. The number of hydrogen-bond donors (Lipinski definition) is 1. The summed E-state index contributed by atoms with van der Waals surface area (Å²) in [7, 11) is 1.85. The van der Waals surface area contributed by atoms with Crippen LogP contribution in [-0.2, 0) is 7.05 Å². The van der Waals surface area contributed by atoms with Crippen LogP contribution in [0.3, 0.4) is 0 Å². The van der Waals surface area contributed by atoms with Gasteiger partial charge in [0.1, 0.15) is 17.6 Å². The van der Waals surface area contributed by atoms with E-state index in [2.05, 4.69) is 5.10 Å². The molecule has 2 aromatic heterocycles. The van der Waals surface area contributed by atoms with Crippen LogP contribution in [-0.4, -0.2) is 14.9 Å². The molecule has 1 atom stereocenters. The molecule has 14 heavy (non-hydrogen) atoms. The van der Waals surface area contributed by atoms with Gasteiger partial charge in [0.05, 0.1) is 11.8 Å². The Labute approximate surface area is 81.8 Å². The molecule has 0 saturated heterocycles. The Bertz CT molecular complexity index is 429. The topological polar surface area (TPSA) is 51.2 Å². The molecular weight excluding hydrogens is 180 g/mol. The summed E-state index contributed by atoms with van der Waals surface area (Å²) in [5.74, 6) is 1.30. The maximum Gasteiger partial charge on any atom is 0.137 e. The summed E-state index contributed by atoms with van der Waals surface area (Å²) in [6, 6.07) is 3.60. The zero-order valence-corrected chi connectivity index (χ0v) is 8.14. The number of aromatic nitrogens is 2. The van der Waals surface area contributed by atoms with Gasteiger partial charge in [0.25, 0.3) is 0 Å². The first-order chi connectivity index (χ1) is 6.66. The SMILES string of the molecule is CC(O)c1ccc(-c2cnn(C)c2)o1. The van der Waals surface area contributed by atoms with Crippen LogP contribution in [0.1, 0.15) is 18.8 Å². The third kappa shape index (κ3) is 1.56. The second-order valence-electron chi connectivity index (χ2n) is 3.28. The van der Waals surface area contributed by atoms with E-state index in [1.807, 2.05) is 19.3 Å². The van der Waals surface area contributed by atoms with E-state index in [-0.39, 0.29) is 0 Å². The van der Waals surface area contributed by atoms with E-state index in [4.69, 9.17) is 4.42 Å². The number of aryl methyl sites for hydroxylation is 1. The van der Waals surface area contributed by atoms with Gasteiger partial charge >= 0.3 is 0 Å². The molecule has 2 heterocycles. The Morgan fingerprint density at radius 1 is 1.50 bits per heavy atom. The Morgan fingerprint density at radius 3 is 2.79 bits per heavy atom. The lowest BCUT2D eigenvalue weighted by atomic mass is 10.3. The average molecular weight is 192 g/mol. The van der Waals surface area contributed by atoms with Gasteiger partial charge in [-0.3, -0.25) is 4.68 Å². The predicted molar refractivity (Wildman–Crippen MR) is 51.5 cm³/mol.